The van der Waals surface area contributed by atoms with Crippen molar-refractivity contribution in [3.05, 3.63) is 89.4 Å². The fourth-order valence-corrected chi connectivity index (χ4v) is 4.04. The lowest BCUT2D eigenvalue weighted by Crippen LogP contribution is -2.27. The van der Waals surface area contributed by atoms with Crippen LogP contribution in [0.3, 0.4) is 0 Å². The largest absolute Gasteiger partial charge is 0.467 e. The number of hydrogen-bond acceptors (Lipinski definition) is 5. The number of furan rings is 1. The fraction of sp³-hybridized carbons (Fsp3) is 0.182. The summed E-state index contributed by atoms with van der Waals surface area (Å²) in [7, 11) is -3.40. The van der Waals surface area contributed by atoms with Crippen molar-refractivity contribution in [2.75, 3.05) is 11.0 Å². The first kappa shape index (κ1) is 19.9. The second-order valence-corrected chi connectivity index (χ2v) is 8.95. The summed E-state index contributed by atoms with van der Waals surface area (Å²) in [5, 5.41) is 6.07. The molecule has 1 aromatic heterocycles. The molecule has 0 radical (unpaired) electrons. The number of benzene rings is 2. The summed E-state index contributed by atoms with van der Waals surface area (Å²) in [5.41, 5.74) is 3.29. The molecule has 7 nitrogen and oxygen atoms in total. The fourth-order valence-electron chi connectivity index (χ4n) is 3.49. The summed E-state index contributed by atoms with van der Waals surface area (Å²) in [6.07, 6.45) is 3.12. The number of aryl methyl sites for hydroxylation is 1. The molecular formula is C22H21N3O4S. The zero-order valence-electron chi connectivity index (χ0n) is 16.6. The molecule has 0 fully saturated rings. The van der Waals surface area contributed by atoms with Gasteiger partial charge in [-0.15, -0.1) is 0 Å². The van der Waals surface area contributed by atoms with Gasteiger partial charge >= 0.3 is 0 Å². The molecule has 1 amide bonds. The second kappa shape index (κ2) is 7.79. The Morgan fingerprint density at radius 2 is 1.93 bits per heavy atom. The SMILES string of the molecule is Cc1ccccc1C(=O)N1N=C(c2cccc(NS(C)(=O)=O)c2)CC1c1ccco1. The molecule has 1 atom stereocenters. The Morgan fingerprint density at radius 1 is 1.13 bits per heavy atom. The van der Waals surface area contributed by atoms with Crippen LogP contribution < -0.4 is 4.72 Å². The standard InChI is InChI=1S/C22H21N3O4S/c1-15-7-3-4-10-18(15)22(26)25-20(21-11-6-12-29-21)14-19(23-25)16-8-5-9-17(13-16)24-30(2,27)28/h3-13,20,24H,14H2,1-2H3. The topological polar surface area (TPSA) is 92.0 Å². The van der Waals surface area contributed by atoms with E-state index in [1.165, 1.54) is 5.01 Å². The molecule has 30 heavy (non-hydrogen) atoms. The molecule has 0 saturated heterocycles. The maximum Gasteiger partial charge on any atom is 0.274 e. The highest BCUT2D eigenvalue weighted by Gasteiger charge is 2.35. The lowest BCUT2D eigenvalue weighted by Gasteiger charge is -2.20. The highest BCUT2D eigenvalue weighted by atomic mass is 32.2. The van der Waals surface area contributed by atoms with Crippen molar-refractivity contribution in [2.45, 2.75) is 19.4 Å². The van der Waals surface area contributed by atoms with Crippen molar-refractivity contribution < 1.29 is 17.6 Å². The van der Waals surface area contributed by atoms with Gasteiger partial charge in [0, 0.05) is 17.7 Å². The van der Waals surface area contributed by atoms with Gasteiger partial charge in [0.05, 0.1) is 18.2 Å². The number of nitrogens with one attached hydrogen (secondary N) is 1. The lowest BCUT2D eigenvalue weighted by atomic mass is 10.0. The zero-order chi connectivity index (χ0) is 21.3. The van der Waals surface area contributed by atoms with Crippen molar-refractivity contribution in [1.82, 2.24) is 5.01 Å². The Kier molecular flexibility index (Phi) is 5.17. The van der Waals surface area contributed by atoms with Gasteiger partial charge in [-0.1, -0.05) is 30.3 Å². The molecule has 1 unspecified atom stereocenters. The molecule has 0 bridgehead atoms. The summed E-state index contributed by atoms with van der Waals surface area (Å²) in [5.74, 6) is 0.427. The van der Waals surface area contributed by atoms with E-state index in [0.29, 0.717) is 29.1 Å². The first-order chi connectivity index (χ1) is 14.3. The first-order valence-electron chi connectivity index (χ1n) is 9.40. The van der Waals surface area contributed by atoms with Crippen LogP contribution in [0.5, 0.6) is 0 Å². The lowest BCUT2D eigenvalue weighted by molar-refractivity contribution is 0.0692. The molecule has 0 saturated carbocycles. The summed E-state index contributed by atoms with van der Waals surface area (Å²) < 4.78 is 31.2. The zero-order valence-corrected chi connectivity index (χ0v) is 17.4. The average molecular weight is 423 g/mol. The van der Waals surface area contributed by atoms with Gasteiger partial charge in [0.15, 0.2) is 0 Å². The number of amides is 1. The monoisotopic (exact) mass is 423 g/mol. The van der Waals surface area contributed by atoms with Crippen LogP contribution in [0.1, 0.15) is 39.7 Å². The van der Waals surface area contributed by atoms with Crippen LogP contribution in [-0.4, -0.2) is 31.3 Å². The number of hydrazone groups is 1. The molecule has 1 aliphatic rings. The molecule has 3 aromatic rings. The van der Waals surface area contributed by atoms with Crippen LogP contribution >= 0.6 is 0 Å². The molecule has 1 N–H and O–H groups in total. The Morgan fingerprint density at radius 3 is 2.63 bits per heavy atom. The van der Waals surface area contributed by atoms with Gasteiger partial charge in [-0.2, -0.15) is 5.10 Å². The van der Waals surface area contributed by atoms with Crippen LogP contribution in [-0.2, 0) is 10.0 Å². The molecule has 2 aromatic carbocycles. The van der Waals surface area contributed by atoms with Crippen molar-refractivity contribution >= 4 is 27.3 Å². The van der Waals surface area contributed by atoms with Crippen LogP contribution in [0.2, 0.25) is 0 Å². The quantitative estimate of drug-likeness (QED) is 0.673. The van der Waals surface area contributed by atoms with Gasteiger partial charge in [-0.3, -0.25) is 9.52 Å². The minimum atomic E-state index is -3.40. The smallest absolute Gasteiger partial charge is 0.274 e. The van der Waals surface area contributed by atoms with E-state index in [1.807, 2.05) is 37.3 Å². The number of rotatable bonds is 5. The van der Waals surface area contributed by atoms with Crippen molar-refractivity contribution in [3.63, 3.8) is 0 Å². The molecule has 0 aliphatic carbocycles. The maximum atomic E-state index is 13.3. The first-order valence-corrected chi connectivity index (χ1v) is 11.3. The van der Waals surface area contributed by atoms with Gasteiger partial charge in [0.2, 0.25) is 10.0 Å². The van der Waals surface area contributed by atoms with Crippen LogP contribution in [0.4, 0.5) is 5.69 Å². The summed E-state index contributed by atoms with van der Waals surface area (Å²) in [4.78, 5) is 13.3. The molecule has 8 heteroatoms. The van der Waals surface area contributed by atoms with Gasteiger partial charge in [-0.25, -0.2) is 13.4 Å². The van der Waals surface area contributed by atoms with Crippen molar-refractivity contribution in [3.8, 4) is 0 Å². The van der Waals surface area contributed by atoms with E-state index in [4.69, 9.17) is 4.42 Å². The van der Waals surface area contributed by atoms with Crippen molar-refractivity contribution in [2.24, 2.45) is 5.10 Å². The number of anilines is 1. The molecule has 154 valence electrons. The highest BCUT2D eigenvalue weighted by molar-refractivity contribution is 7.92. The van der Waals surface area contributed by atoms with E-state index in [9.17, 15) is 13.2 Å². The van der Waals surface area contributed by atoms with E-state index < -0.39 is 10.0 Å². The molecule has 4 rings (SSSR count). The van der Waals surface area contributed by atoms with Crippen LogP contribution in [0.25, 0.3) is 0 Å². The van der Waals surface area contributed by atoms with Gasteiger partial charge in [0.25, 0.3) is 5.91 Å². The summed E-state index contributed by atoms with van der Waals surface area (Å²) in [6, 6.07) is 17.6. The van der Waals surface area contributed by atoms with Crippen LogP contribution in [0.15, 0.2) is 76.4 Å². The summed E-state index contributed by atoms with van der Waals surface area (Å²) in [6.45, 7) is 1.89. The minimum Gasteiger partial charge on any atom is -0.467 e. The third-order valence-corrected chi connectivity index (χ3v) is 5.47. The number of hydrogen-bond donors (Lipinski definition) is 1. The van der Waals surface area contributed by atoms with Gasteiger partial charge in [-0.05, 0) is 48.4 Å². The molecule has 0 spiro atoms. The molecule has 2 heterocycles. The maximum absolute atomic E-state index is 13.3. The predicted octanol–water partition coefficient (Wildman–Crippen LogP) is 3.95. The van der Waals surface area contributed by atoms with E-state index in [-0.39, 0.29) is 11.9 Å². The van der Waals surface area contributed by atoms with Gasteiger partial charge < -0.3 is 4.42 Å². The third-order valence-electron chi connectivity index (χ3n) is 4.86. The summed E-state index contributed by atoms with van der Waals surface area (Å²) >= 11 is 0. The number of carbonyl (C=O) groups excluding carboxylic acids is 1. The number of carbonyl (C=O) groups is 1. The second-order valence-electron chi connectivity index (χ2n) is 7.20. The van der Waals surface area contributed by atoms with E-state index >= 15 is 0 Å². The van der Waals surface area contributed by atoms with Crippen LogP contribution in [0, 0.1) is 6.92 Å². The molecule has 1 aliphatic heterocycles. The highest BCUT2D eigenvalue weighted by Crippen LogP contribution is 2.35. The Balaban J connectivity index is 1.72. The Hall–Kier alpha value is -3.39. The Bertz CT molecular complexity index is 1220. The van der Waals surface area contributed by atoms with Crippen molar-refractivity contribution in [1.29, 1.82) is 0 Å². The van der Waals surface area contributed by atoms with E-state index in [2.05, 4.69) is 9.82 Å². The predicted molar refractivity (Wildman–Crippen MR) is 115 cm³/mol. The minimum absolute atomic E-state index is 0.213. The number of nitrogens with zero attached hydrogens (tertiary/aromatic N) is 2. The Labute approximate surface area is 175 Å². The van der Waals surface area contributed by atoms with Gasteiger partial charge in [0.1, 0.15) is 11.8 Å². The number of sulfonamides is 1. The average Bonchev–Trinajstić information content (AvgIpc) is 3.36. The van der Waals surface area contributed by atoms with E-state index in [0.717, 1.165) is 17.4 Å². The molecular weight excluding hydrogens is 402 g/mol. The third kappa shape index (κ3) is 4.13. The normalized spacial score (nSPS) is 16.4. The van der Waals surface area contributed by atoms with E-state index in [1.54, 1.807) is 36.6 Å².